The van der Waals surface area contributed by atoms with Gasteiger partial charge in [0.25, 0.3) is 5.56 Å². The van der Waals surface area contributed by atoms with E-state index in [2.05, 4.69) is 19.0 Å². The minimum absolute atomic E-state index is 0.140. The molecular weight excluding hydrogens is 166 g/mol. The molecule has 0 aliphatic carbocycles. The van der Waals surface area contributed by atoms with Gasteiger partial charge in [-0.1, -0.05) is 26.0 Å². The Hall–Kier alpha value is -1.51. The van der Waals surface area contributed by atoms with Gasteiger partial charge < -0.3 is 4.52 Å². The van der Waals surface area contributed by atoms with Crippen LogP contribution < -0.4 is 5.56 Å². The Labute approximate surface area is 75.3 Å². The maximum absolute atomic E-state index is 11.4. The molecule has 0 atom stereocenters. The van der Waals surface area contributed by atoms with Gasteiger partial charge in [0.15, 0.2) is 5.58 Å². The van der Waals surface area contributed by atoms with Gasteiger partial charge in [-0.2, -0.15) is 5.16 Å². The Morgan fingerprint density at radius 3 is 2.85 bits per heavy atom. The second-order valence-electron chi connectivity index (χ2n) is 3.41. The highest BCUT2D eigenvalue weighted by molar-refractivity contribution is 5.80. The van der Waals surface area contributed by atoms with E-state index in [4.69, 9.17) is 4.52 Å². The Morgan fingerprint density at radius 1 is 1.38 bits per heavy atom. The predicted molar refractivity (Wildman–Crippen MR) is 50.9 cm³/mol. The number of hydrogen-bond donors (Lipinski definition) is 1. The van der Waals surface area contributed by atoms with Crippen LogP contribution in [0.15, 0.2) is 27.5 Å². The molecule has 1 heterocycles. The molecule has 0 aliphatic heterocycles. The molecule has 3 heteroatoms. The average molecular weight is 177 g/mol. The fourth-order valence-electron chi connectivity index (χ4n) is 1.51. The Balaban J connectivity index is 2.88. The van der Waals surface area contributed by atoms with Crippen molar-refractivity contribution in [2.24, 2.45) is 0 Å². The van der Waals surface area contributed by atoms with Crippen LogP contribution in [0.1, 0.15) is 25.3 Å². The second kappa shape index (κ2) is 2.76. The maximum Gasteiger partial charge on any atom is 0.288 e. The van der Waals surface area contributed by atoms with Gasteiger partial charge in [-0.3, -0.25) is 4.79 Å². The zero-order chi connectivity index (χ0) is 9.42. The fraction of sp³-hybridized carbons (Fsp3) is 0.300. The van der Waals surface area contributed by atoms with Gasteiger partial charge in [-0.25, -0.2) is 0 Å². The first-order chi connectivity index (χ1) is 6.20. The lowest BCUT2D eigenvalue weighted by Gasteiger charge is -2.03. The van der Waals surface area contributed by atoms with E-state index in [1.54, 1.807) is 6.07 Å². The van der Waals surface area contributed by atoms with Crippen molar-refractivity contribution >= 4 is 11.0 Å². The first-order valence-corrected chi connectivity index (χ1v) is 4.30. The van der Waals surface area contributed by atoms with Crippen LogP contribution in [0.5, 0.6) is 0 Å². The number of fused-ring (bicyclic) bond motifs is 1. The predicted octanol–water partition coefficient (Wildman–Crippen LogP) is 2.24. The lowest BCUT2D eigenvalue weighted by Crippen LogP contribution is -2.01. The Bertz CT molecular complexity index is 479. The zero-order valence-corrected chi connectivity index (χ0v) is 7.63. The molecule has 1 aromatic heterocycles. The first kappa shape index (κ1) is 8.10. The van der Waals surface area contributed by atoms with Crippen LogP contribution >= 0.6 is 0 Å². The summed E-state index contributed by atoms with van der Waals surface area (Å²) in [6.07, 6.45) is 0. The lowest BCUT2D eigenvalue weighted by molar-refractivity contribution is 0.449. The maximum atomic E-state index is 11.4. The highest BCUT2D eigenvalue weighted by atomic mass is 16.5. The van der Waals surface area contributed by atoms with Gasteiger partial charge in [0.2, 0.25) is 0 Å². The summed E-state index contributed by atoms with van der Waals surface area (Å²) >= 11 is 0. The average Bonchev–Trinajstić information content (AvgIpc) is 2.48. The molecule has 3 nitrogen and oxygen atoms in total. The van der Waals surface area contributed by atoms with Gasteiger partial charge in [0.05, 0.1) is 5.39 Å². The molecular formula is C10H11NO2. The molecule has 0 amide bonds. The zero-order valence-electron chi connectivity index (χ0n) is 7.63. The van der Waals surface area contributed by atoms with Gasteiger partial charge in [0.1, 0.15) is 0 Å². The number of rotatable bonds is 1. The van der Waals surface area contributed by atoms with Crippen molar-refractivity contribution in [3.05, 3.63) is 34.1 Å². The minimum atomic E-state index is -0.140. The Kier molecular flexibility index (Phi) is 1.72. The normalized spacial score (nSPS) is 11.3. The SMILES string of the molecule is CC(C)c1cccc2o[nH]c(=O)c12. The van der Waals surface area contributed by atoms with Crippen molar-refractivity contribution in [1.82, 2.24) is 5.16 Å². The van der Waals surface area contributed by atoms with E-state index < -0.39 is 0 Å². The number of aromatic nitrogens is 1. The molecule has 13 heavy (non-hydrogen) atoms. The standard InChI is InChI=1S/C10H11NO2/c1-6(2)7-4-3-5-8-9(7)10(12)11-13-8/h3-6H,1-2H3,(H,11,12). The van der Waals surface area contributed by atoms with Crippen LogP contribution in [0.3, 0.4) is 0 Å². The molecule has 0 unspecified atom stereocenters. The highest BCUT2D eigenvalue weighted by Gasteiger charge is 2.10. The summed E-state index contributed by atoms with van der Waals surface area (Å²) in [7, 11) is 0. The summed E-state index contributed by atoms with van der Waals surface area (Å²) in [5.41, 5.74) is 1.53. The molecule has 0 radical (unpaired) electrons. The molecule has 0 bridgehead atoms. The number of hydrogen-bond acceptors (Lipinski definition) is 2. The van der Waals surface area contributed by atoms with E-state index in [9.17, 15) is 4.79 Å². The molecule has 0 aliphatic rings. The quantitative estimate of drug-likeness (QED) is 0.726. The van der Waals surface area contributed by atoms with Gasteiger partial charge in [-0.15, -0.1) is 0 Å². The minimum Gasteiger partial charge on any atom is -0.378 e. The molecule has 0 fully saturated rings. The van der Waals surface area contributed by atoms with Crippen molar-refractivity contribution < 1.29 is 4.52 Å². The molecule has 2 aromatic rings. The van der Waals surface area contributed by atoms with Gasteiger partial charge in [-0.05, 0) is 17.5 Å². The molecule has 0 saturated heterocycles. The molecule has 68 valence electrons. The van der Waals surface area contributed by atoms with Crippen LogP contribution in [-0.4, -0.2) is 5.16 Å². The van der Waals surface area contributed by atoms with Crippen molar-refractivity contribution in [1.29, 1.82) is 0 Å². The van der Waals surface area contributed by atoms with E-state index in [0.717, 1.165) is 5.56 Å². The number of H-pyrrole nitrogens is 1. The van der Waals surface area contributed by atoms with E-state index in [0.29, 0.717) is 16.9 Å². The van der Waals surface area contributed by atoms with E-state index in [1.165, 1.54) is 0 Å². The summed E-state index contributed by atoms with van der Waals surface area (Å²) in [6.45, 7) is 4.11. The third kappa shape index (κ3) is 1.16. The van der Waals surface area contributed by atoms with Gasteiger partial charge in [0, 0.05) is 0 Å². The molecule has 2 rings (SSSR count). The molecule has 1 N–H and O–H groups in total. The van der Waals surface area contributed by atoms with Crippen LogP contribution in [-0.2, 0) is 0 Å². The number of aromatic amines is 1. The summed E-state index contributed by atoms with van der Waals surface area (Å²) in [5.74, 6) is 0.336. The third-order valence-corrected chi connectivity index (χ3v) is 2.16. The van der Waals surface area contributed by atoms with Crippen molar-refractivity contribution in [2.45, 2.75) is 19.8 Å². The van der Waals surface area contributed by atoms with Crippen molar-refractivity contribution in [2.75, 3.05) is 0 Å². The van der Waals surface area contributed by atoms with Crippen LogP contribution in [0.25, 0.3) is 11.0 Å². The van der Waals surface area contributed by atoms with Crippen molar-refractivity contribution in [3.63, 3.8) is 0 Å². The third-order valence-electron chi connectivity index (χ3n) is 2.16. The number of benzene rings is 1. The second-order valence-corrected chi connectivity index (χ2v) is 3.41. The van der Waals surface area contributed by atoms with E-state index >= 15 is 0 Å². The molecule has 0 saturated carbocycles. The van der Waals surface area contributed by atoms with Crippen LogP contribution in [0.2, 0.25) is 0 Å². The summed E-state index contributed by atoms with van der Waals surface area (Å²) in [4.78, 5) is 11.4. The highest BCUT2D eigenvalue weighted by Crippen LogP contribution is 2.21. The summed E-state index contributed by atoms with van der Waals surface area (Å²) in [6, 6.07) is 5.64. The van der Waals surface area contributed by atoms with Crippen molar-refractivity contribution in [3.8, 4) is 0 Å². The lowest BCUT2D eigenvalue weighted by atomic mass is 10.00. The topological polar surface area (TPSA) is 46.0 Å². The van der Waals surface area contributed by atoms with Crippen LogP contribution in [0, 0.1) is 0 Å². The monoisotopic (exact) mass is 177 g/mol. The van der Waals surface area contributed by atoms with E-state index in [1.807, 2.05) is 12.1 Å². The smallest absolute Gasteiger partial charge is 0.288 e. The number of nitrogens with one attached hydrogen (secondary N) is 1. The summed E-state index contributed by atoms with van der Waals surface area (Å²) < 4.78 is 5.00. The first-order valence-electron chi connectivity index (χ1n) is 4.30. The van der Waals surface area contributed by atoms with Crippen LogP contribution in [0.4, 0.5) is 0 Å². The van der Waals surface area contributed by atoms with E-state index in [-0.39, 0.29) is 5.56 Å². The fourth-order valence-corrected chi connectivity index (χ4v) is 1.51. The van der Waals surface area contributed by atoms with Gasteiger partial charge >= 0.3 is 0 Å². The summed E-state index contributed by atoms with van der Waals surface area (Å²) in [5, 5.41) is 3.02. The Morgan fingerprint density at radius 2 is 2.15 bits per heavy atom. The molecule has 1 aromatic carbocycles. The largest absolute Gasteiger partial charge is 0.378 e. The molecule has 0 spiro atoms.